The van der Waals surface area contributed by atoms with Crippen LogP contribution in [-0.4, -0.2) is 41.3 Å². The van der Waals surface area contributed by atoms with E-state index in [1.807, 2.05) is 32.3 Å². The molecular formula is C21H30N4O2. The lowest BCUT2D eigenvalue weighted by atomic mass is 10.1. The Hall–Kier alpha value is -2.89. The highest BCUT2D eigenvalue weighted by atomic mass is 16.5. The van der Waals surface area contributed by atoms with Gasteiger partial charge in [-0.15, -0.1) is 0 Å². The molecule has 2 aromatic rings. The van der Waals surface area contributed by atoms with Gasteiger partial charge in [-0.3, -0.25) is 4.99 Å². The molecule has 0 saturated heterocycles. The Labute approximate surface area is 162 Å². The van der Waals surface area contributed by atoms with Gasteiger partial charge in [0, 0.05) is 51.5 Å². The number of aryl methyl sites for hydroxylation is 1. The van der Waals surface area contributed by atoms with Crippen LogP contribution in [-0.2, 0) is 13.1 Å². The molecular weight excluding hydrogens is 340 g/mol. The maximum absolute atomic E-state index is 5.44. The molecule has 0 spiro atoms. The summed E-state index contributed by atoms with van der Waals surface area (Å²) in [5.41, 5.74) is 4.73. The van der Waals surface area contributed by atoms with Crippen LogP contribution in [0.4, 0.5) is 5.69 Å². The maximum atomic E-state index is 5.44. The molecule has 0 unspecified atom stereocenters. The summed E-state index contributed by atoms with van der Waals surface area (Å²) in [6, 6.07) is 12.3. The highest BCUT2D eigenvalue weighted by molar-refractivity contribution is 5.79. The SMILES string of the molecule is CN=C(NCc1ccc(N(C)C)cc1C)NCc1ccc(OC)cc1OC. The zero-order valence-corrected chi connectivity index (χ0v) is 17.1. The monoisotopic (exact) mass is 370 g/mol. The van der Waals surface area contributed by atoms with E-state index < -0.39 is 0 Å². The highest BCUT2D eigenvalue weighted by Gasteiger charge is 2.07. The summed E-state index contributed by atoms with van der Waals surface area (Å²) >= 11 is 0. The summed E-state index contributed by atoms with van der Waals surface area (Å²) in [6.07, 6.45) is 0. The van der Waals surface area contributed by atoms with E-state index in [-0.39, 0.29) is 0 Å². The Morgan fingerprint density at radius 1 is 0.963 bits per heavy atom. The van der Waals surface area contributed by atoms with Crippen molar-refractivity contribution in [3.05, 3.63) is 53.1 Å². The Morgan fingerprint density at radius 3 is 2.19 bits per heavy atom. The number of nitrogens with one attached hydrogen (secondary N) is 2. The van der Waals surface area contributed by atoms with Crippen LogP contribution in [0.5, 0.6) is 11.5 Å². The van der Waals surface area contributed by atoms with Gasteiger partial charge in [0.25, 0.3) is 0 Å². The quantitative estimate of drug-likeness (QED) is 0.580. The minimum Gasteiger partial charge on any atom is -0.497 e. The molecule has 0 fully saturated rings. The molecule has 6 nitrogen and oxygen atoms in total. The van der Waals surface area contributed by atoms with Crippen LogP contribution in [0.15, 0.2) is 41.4 Å². The van der Waals surface area contributed by atoms with Gasteiger partial charge < -0.3 is 25.0 Å². The van der Waals surface area contributed by atoms with E-state index in [0.717, 1.165) is 23.0 Å². The molecule has 0 aromatic heterocycles. The molecule has 2 aromatic carbocycles. The number of ether oxygens (including phenoxy) is 2. The van der Waals surface area contributed by atoms with Crippen molar-refractivity contribution in [1.82, 2.24) is 10.6 Å². The minimum atomic E-state index is 0.603. The van der Waals surface area contributed by atoms with Crippen LogP contribution in [0.2, 0.25) is 0 Å². The number of methoxy groups -OCH3 is 2. The average Bonchev–Trinajstić information content (AvgIpc) is 2.68. The van der Waals surface area contributed by atoms with Gasteiger partial charge in [0.1, 0.15) is 11.5 Å². The molecule has 0 radical (unpaired) electrons. The van der Waals surface area contributed by atoms with Gasteiger partial charge in [-0.1, -0.05) is 6.07 Å². The lowest BCUT2D eigenvalue weighted by molar-refractivity contribution is 0.390. The van der Waals surface area contributed by atoms with E-state index in [9.17, 15) is 0 Å². The summed E-state index contributed by atoms with van der Waals surface area (Å²) in [4.78, 5) is 6.41. The Kier molecular flexibility index (Phi) is 7.34. The van der Waals surface area contributed by atoms with Gasteiger partial charge in [0.05, 0.1) is 14.2 Å². The van der Waals surface area contributed by atoms with E-state index in [0.29, 0.717) is 13.1 Å². The molecule has 0 aliphatic carbocycles. The predicted octanol–water partition coefficient (Wildman–Crippen LogP) is 2.94. The highest BCUT2D eigenvalue weighted by Crippen LogP contribution is 2.24. The second kappa shape index (κ2) is 9.71. The molecule has 27 heavy (non-hydrogen) atoms. The van der Waals surface area contributed by atoms with Crippen molar-refractivity contribution in [3.63, 3.8) is 0 Å². The first-order valence-corrected chi connectivity index (χ1v) is 8.90. The number of hydrogen-bond donors (Lipinski definition) is 2. The van der Waals surface area contributed by atoms with E-state index in [1.165, 1.54) is 16.8 Å². The first-order chi connectivity index (χ1) is 13.0. The largest absolute Gasteiger partial charge is 0.497 e. The molecule has 0 atom stereocenters. The van der Waals surface area contributed by atoms with E-state index in [1.54, 1.807) is 21.3 Å². The van der Waals surface area contributed by atoms with Crippen LogP contribution in [0, 0.1) is 6.92 Å². The van der Waals surface area contributed by atoms with Crippen molar-refractivity contribution in [1.29, 1.82) is 0 Å². The average molecular weight is 370 g/mol. The van der Waals surface area contributed by atoms with Crippen molar-refractivity contribution < 1.29 is 9.47 Å². The fourth-order valence-electron chi connectivity index (χ4n) is 2.73. The molecule has 2 rings (SSSR count). The number of rotatable bonds is 7. The van der Waals surface area contributed by atoms with E-state index in [2.05, 4.69) is 45.6 Å². The van der Waals surface area contributed by atoms with Gasteiger partial charge in [0.15, 0.2) is 5.96 Å². The number of aliphatic imine (C=N–C) groups is 1. The topological polar surface area (TPSA) is 58.1 Å². The number of benzene rings is 2. The van der Waals surface area contributed by atoms with Gasteiger partial charge in [-0.05, 0) is 42.3 Å². The maximum Gasteiger partial charge on any atom is 0.191 e. The summed E-state index contributed by atoms with van der Waals surface area (Å²) in [5.74, 6) is 2.30. The molecule has 2 N–H and O–H groups in total. The standard InChI is InChI=1S/C21H30N4O2/c1-15-11-18(25(3)4)9-7-16(15)13-23-21(22-2)24-14-17-8-10-19(26-5)12-20(17)27-6/h7-12H,13-14H2,1-6H3,(H2,22,23,24). The zero-order valence-electron chi connectivity index (χ0n) is 17.1. The Balaban J connectivity index is 1.97. The van der Waals surface area contributed by atoms with Gasteiger partial charge in [-0.25, -0.2) is 0 Å². The number of hydrogen-bond acceptors (Lipinski definition) is 4. The molecule has 0 bridgehead atoms. The summed E-state index contributed by atoms with van der Waals surface area (Å²) in [5, 5.41) is 6.69. The van der Waals surface area contributed by atoms with Crippen molar-refractivity contribution >= 4 is 11.6 Å². The molecule has 0 heterocycles. The van der Waals surface area contributed by atoms with Crippen molar-refractivity contribution in [2.45, 2.75) is 20.0 Å². The lowest BCUT2D eigenvalue weighted by Gasteiger charge is -2.17. The molecule has 146 valence electrons. The van der Waals surface area contributed by atoms with Gasteiger partial charge >= 0.3 is 0 Å². The number of nitrogens with zero attached hydrogens (tertiary/aromatic N) is 2. The molecule has 6 heteroatoms. The fraction of sp³-hybridized carbons (Fsp3) is 0.381. The summed E-state index contributed by atoms with van der Waals surface area (Å²) < 4.78 is 10.7. The normalized spacial score (nSPS) is 11.1. The Bertz CT molecular complexity index is 788. The number of guanidine groups is 1. The second-order valence-electron chi connectivity index (χ2n) is 6.46. The van der Waals surface area contributed by atoms with Gasteiger partial charge in [-0.2, -0.15) is 0 Å². The predicted molar refractivity (Wildman–Crippen MR) is 112 cm³/mol. The van der Waals surface area contributed by atoms with Crippen LogP contribution < -0.4 is 25.0 Å². The third kappa shape index (κ3) is 5.54. The van der Waals surface area contributed by atoms with Crippen LogP contribution >= 0.6 is 0 Å². The third-order valence-corrected chi connectivity index (χ3v) is 4.45. The molecule has 0 saturated carbocycles. The third-order valence-electron chi connectivity index (χ3n) is 4.45. The smallest absolute Gasteiger partial charge is 0.191 e. The molecule has 0 aliphatic rings. The second-order valence-corrected chi connectivity index (χ2v) is 6.46. The minimum absolute atomic E-state index is 0.603. The van der Waals surface area contributed by atoms with Crippen molar-refractivity contribution in [2.24, 2.45) is 4.99 Å². The molecule has 0 amide bonds. The first kappa shape index (κ1) is 20.4. The first-order valence-electron chi connectivity index (χ1n) is 8.90. The Morgan fingerprint density at radius 2 is 1.63 bits per heavy atom. The van der Waals surface area contributed by atoms with Crippen LogP contribution in [0.3, 0.4) is 0 Å². The van der Waals surface area contributed by atoms with Crippen molar-refractivity contribution in [2.75, 3.05) is 40.3 Å². The zero-order chi connectivity index (χ0) is 19.8. The summed E-state index contributed by atoms with van der Waals surface area (Å²) in [6.45, 7) is 3.44. The number of anilines is 1. The van der Waals surface area contributed by atoms with Crippen LogP contribution in [0.1, 0.15) is 16.7 Å². The van der Waals surface area contributed by atoms with E-state index in [4.69, 9.17) is 9.47 Å². The summed E-state index contributed by atoms with van der Waals surface area (Å²) in [7, 11) is 9.16. The lowest BCUT2D eigenvalue weighted by Crippen LogP contribution is -2.36. The fourth-order valence-corrected chi connectivity index (χ4v) is 2.73. The van der Waals surface area contributed by atoms with Crippen molar-refractivity contribution in [3.8, 4) is 11.5 Å². The van der Waals surface area contributed by atoms with Gasteiger partial charge in [0.2, 0.25) is 0 Å². The molecule has 0 aliphatic heterocycles. The van der Waals surface area contributed by atoms with E-state index >= 15 is 0 Å². The van der Waals surface area contributed by atoms with Crippen LogP contribution in [0.25, 0.3) is 0 Å².